The van der Waals surface area contributed by atoms with Gasteiger partial charge in [0, 0.05) is 18.6 Å². The molecule has 0 radical (unpaired) electrons. The molecule has 1 aromatic carbocycles. The van der Waals surface area contributed by atoms with Gasteiger partial charge in [-0.3, -0.25) is 0 Å². The van der Waals surface area contributed by atoms with E-state index in [9.17, 15) is 8.42 Å². The van der Waals surface area contributed by atoms with E-state index in [1.54, 1.807) is 0 Å². The Balaban J connectivity index is 2.27. The molecule has 1 fully saturated rings. The number of hydrogen-bond donors (Lipinski definition) is 2. The summed E-state index contributed by atoms with van der Waals surface area (Å²) in [6, 6.07) is 4.28. The average molecular weight is 310 g/mol. The molecular weight excluding hydrogens is 284 g/mol. The summed E-state index contributed by atoms with van der Waals surface area (Å²) < 4.78 is 27.9. The van der Waals surface area contributed by atoms with Gasteiger partial charge in [0.25, 0.3) is 0 Å². The van der Waals surface area contributed by atoms with Crippen LogP contribution in [0.5, 0.6) is 0 Å². The monoisotopic (exact) mass is 310 g/mol. The maximum absolute atomic E-state index is 12.5. The number of aryl methyl sites for hydroxylation is 2. The second-order valence-electron chi connectivity index (χ2n) is 6.33. The lowest BCUT2D eigenvalue weighted by Gasteiger charge is -2.26. The second-order valence-corrected chi connectivity index (χ2v) is 8.01. The molecule has 1 saturated carbocycles. The SMILES string of the molecule is Cc1cc(C)c(S(=O)(=O)NC2CCC2)cc1CNC(C)C. The standard InChI is InChI=1S/C16H26N2O2S/c1-11(2)17-10-14-9-16(13(4)8-12(14)3)21(19,20)18-15-6-5-7-15/h8-9,11,15,17-18H,5-7,10H2,1-4H3. The Morgan fingerprint density at radius 3 is 2.38 bits per heavy atom. The lowest BCUT2D eigenvalue weighted by molar-refractivity contribution is 0.383. The molecule has 1 aliphatic rings. The lowest BCUT2D eigenvalue weighted by atomic mass is 9.94. The molecule has 2 rings (SSSR count). The fourth-order valence-electron chi connectivity index (χ4n) is 2.48. The fraction of sp³-hybridized carbons (Fsp3) is 0.625. The normalized spacial score (nSPS) is 16.2. The maximum Gasteiger partial charge on any atom is 0.241 e. The Morgan fingerprint density at radius 1 is 1.19 bits per heavy atom. The van der Waals surface area contributed by atoms with Crippen molar-refractivity contribution in [1.82, 2.24) is 10.0 Å². The van der Waals surface area contributed by atoms with Crippen molar-refractivity contribution < 1.29 is 8.42 Å². The fourth-order valence-corrected chi connectivity index (χ4v) is 4.06. The van der Waals surface area contributed by atoms with Crippen molar-refractivity contribution in [1.29, 1.82) is 0 Å². The molecule has 0 bridgehead atoms. The van der Waals surface area contributed by atoms with E-state index in [-0.39, 0.29) is 6.04 Å². The molecule has 0 unspecified atom stereocenters. The summed E-state index contributed by atoms with van der Waals surface area (Å²) in [4.78, 5) is 0.417. The summed E-state index contributed by atoms with van der Waals surface area (Å²) in [5, 5.41) is 3.35. The minimum atomic E-state index is -3.41. The quantitative estimate of drug-likeness (QED) is 0.849. The van der Waals surface area contributed by atoms with Crippen LogP contribution in [0.25, 0.3) is 0 Å². The van der Waals surface area contributed by atoms with Crippen LogP contribution in [0.4, 0.5) is 0 Å². The van der Waals surface area contributed by atoms with Gasteiger partial charge >= 0.3 is 0 Å². The highest BCUT2D eigenvalue weighted by Crippen LogP contribution is 2.24. The largest absolute Gasteiger partial charge is 0.310 e. The number of sulfonamides is 1. The molecule has 0 heterocycles. The van der Waals surface area contributed by atoms with Crippen LogP contribution in [0, 0.1) is 13.8 Å². The van der Waals surface area contributed by atoms with E-state index < -0.39 is 10.0 Å². The molecule has 118 valence electrons. The molecule has 1 aromatic rings. The number of hydrogen-bond acceptors (Lipinski definition) is 3. The summed E-state index contributed by atoms with van der Waals surface area (Å²) in [6.07, 6.45) is 3.02. The highest BCUT2D eigenvalue weighted by Gasteiger charge is 2.26. The minimum Gasteiger partial charge on any atom is -0.310 e. The highest BCUT2D eigenvalue weighted by molar-refractivity contribution is 7.89. The molecule has 21 heavy (non-hydrogen) atoms. The molecule has 0 saturated heterocycles. The Bertz CT molecular complexity index is 605. The van der Waals surface area contributed by atoms with Crippen LogP contribution in [0.3, 0.4) is 0 Å². The third kappa shape index (κ3) is 4.05. The van der Waals surface area contributed by atoms with Gasteiger partial charge in [0.05, 0.1) is 4.90 Å². The smallest absolute Gasteiger partial charge is 0.241 e. The van der Waals surface area contributed by atoms with Gasteiger partial charge in [-0.2, -0.15) is 0 Å². The van der Waals surface area contributed by atoms with Crippen molar-refractivity contribution in [3.8, 4) is 0 Å². The van der Waals surface area contributed by atoms with Gasteiger partial charge in [-0.25, -0.2) is 13.1 Å². The third-order valence-electron chi connectivity index (χ3n) is 4.05. The molecule has 2 N–H and O–H groups in total. The van der Waals surface area contributed by atoms with Crippen LogP contribution >= 0.6 is 0 Å². The van der Waals surface area contributed by atoms with Gasteiger partial charge in [-0.05, 0) is 49.4 Å². The Labute approximate surface area is 128 Å². The van der Waals surface area contributed by atoms with Gasteiger partial charge in [0.1, 0.15) is 0 Å². The van der Waals surface area contributed by atoms with E-state index in [0.29, 0.717) is 17.5 Å². The first-order valence-electron chi connectivity index (χ1n) is 7.65. The van der Waals surface area contributed by atoms with E-state index in [1.165, 1.54) is 0 Å². The van der Waals surface area contributed by atoms with Gasteiger partial charge in [-0.15, -0.1) is 0 Å². The Morgan fingerprint density at radius 2 is 1.86 bits per heavy atom. The van der Waals surface area contributed by atoms with E-state index in [4.69, 9.17) is 0 Å². The van der Waals surface area contributed by atoms with Crippen LogP contribution in [0.15, 0.2) is 17.0 Å². The zero-order valence-electron chi connectivity index (χ0n) is 13.4. The van der Waals surface area contributed by atoms with Crippen molar-refractivity contribution in [3.05, 3.63) is 28.8 Å². The van der Waals surface area contributed by atoms with Gasteiger partial charge in [-0.1, -0.05) is 26.3 Å². The minimum absolute atomic E-state index is 0.118. The van der Waals surface area contributed by atoms with Crippen LogP contribution in [-0.4, -0.2) is 20.5 Å². The molecule has 5 heteroatoms. The molecular formula is C16H26N2O2S. The summed E-state index contributed by atoms with van der Waals surface area (Å²) in [7, 11) is -3.41. The Hall–Kier alpha value is -0.910. The second kappa shape index (κ2) is 6.46. The average Bonchev–Trinajstić information content (AvgIpc) is 2.32. The first-order valence-corrected chi connectivity index (χ1v) is 9.14. The van der Waals surface area contributed by atoms with Crippen molar-refractivity contribution in [2.24, 2.45) is 0 Å². The van der Waals surface area contributed by atoms with Gasteiger partial charge < -0.3 is 5.32 Å². The lowest BCUT2D eigenvalue weighted by Crippen LogP contribution is -2.39. The molecule has 0 aliphatic heterocycles. The van der Waals surface area contributed by atoms with Crippen LogP contribution in [0.2, 0.25) is 0 Å². The topological polar surface area (TPSA) is 58.2 Å². The van der Waals surface area contributed by atoms with Crippen LogP contribution < -0.4 is 10.0 Å². The number of nitrogens with one attached hydrogen (secondary N) is 2. The molecule has 0 atom stereocenters. The third-order valence-corrected chi connectivity index (χ3v) is 5.71. The van der Waals surface area contributed by atoms with Gasteiger partial charge in [0.2, 0.25) is 10.0 Å². The first kappa shape index (κ1) is 16.5. The summed E-state index contributed by atoms with van der Waals surface area (Å²) >= 11 is 0. The molecule has 0 aromatic heterocycles. The van der Waals surface area contributed by atoms with E-state index in [0.717, 1.165) is 36.0 Å². The van der Waals surface area contributed by atoms with Crippen LogP contribution in [-0.2, 0) is 16.6 Å². The number of benzene rings is 1. The van der Waals surface area contributed by atoms with Crippen molar-refractivity contribution in [3.63, 3.8) is 0 Å². The zero-order valence-corrected chi connectivity index (χ0v) is 14.2. The summed E-state index contributed by atoms with van der Waals surface area (Å²) in [5.41, 5.74) is 2.99. The maximum atomic E-state index is 12.5. The van der Waals surface area contributed by atoms with E-state index in [2.05, 4.69) is 23.9 Å². The van der Waals surface area contributed by atoms with E-state index >= 15 is 0 Å². The van der Waals surface area contributed by atoms with Crippen molar-refractivity contribution >= 4 is 10.0 Å². The Kier molecular flexibility index (Phi) is 5.07. The van der Waals surface area contributed by atoms with E-state index in [1.807, 2.05) is 26.0 Å². The summed E-state index contributed by atoms with van der Waals surface area (Å²) in [5.74, 6) is 0. The predicted octanol–water partition coefficient (Wildman–Crippen LogP) is 2.63. The van der Waals surface area contributed by atoms with Crippen molar-refractivity contribution in [2.45, 2.75) is 70.5 Å². The molecule has 0 amide bonds. The summed E-state index contributed by atoms with van der Waals surface area (Å²) in [6.45, 7) is 8.75. The van der Waals surface area contributed by atoms with Crippen LogP contribution in [0.1, 0.15) is 49.8 Å². The van der Waals surface area contributed by atoms with Gasteiger partial charge in [0.15, 0.2) is 0 Å². The zero-order chi connectivity index (χ0) is 15.6. The molecule has 0 spiro atoms. The van der Waals surface area contributed by atoms with Crippen molar-refractivity contribution in [2.75, 3.05) is 0 Å². The molecule has 1 aliphatic carbocycles. The molecule has 4 nitrogen and oxygen atoms in total. The number of rotatable bonds is 6. The first-order chi connectivity index (χ1) is 9.79. The highest BCUT2D eigenvalue weighted by atomic mass is 32.2. The predicted molar refractivity (Wildman–Crippen MR) is 85.9 cm³/mol.